The van der Waals surface area contributed by atoms with Crippen LogP contribution in [0.15, 0.2) is 59.1 Å². The van der Waals surface area contributed by atoms with Gasteiger partial charge in [-0.2, -0.15) is 0 Å². The van der Waals surface area contributed by atoms with Gasteiger partial charge in [-0.3, -0.25) is 0 Å². The molecule has 0 saturated heterocycles. The second-order valence-corrected chi connectivity index (χ2v) is 3.28. The molecule has 0 atom stereocenters. The van der Waals surface area contributed by atoms with Crippen LogP contribution < -0.4 is 0 Å². The first kappa shape index (κ1) is 15.5. The standard InChI is InChI=1S/C13H12.2C2H6/c1-3-7-12(8-4-1)11-13-9-5-2-6-10-13;2*1-2/h3,5,7-10H,1,4,11H2;2*1-2H3. The third-order valence-electron chi connectivity index (χ3n) is 2.20. The van der Waals surface area contributed by atoms with Gasteiger partial charge in [0.25, 0.3) is 0 Å². The number of rotatable bonds is 2. The second-order valence-electron chi connectivity index (χ2n) is 3.28. The van der Waals surface area contributed by atoms with Crippen LogP contribution in [0.1, 0.15) is 47.0 Å². The average Bonchev–Trinajstić information content (AvgIpc) is 2.45. The van der Waals surface area contributed by atoms with Crippen molar-refractivity contribution in [3.63, 3.8) is 0 Å². The van der Waals surface area contributed by atoms with Gasteiger partial charge in [0.1, 0.15) is 0 Å². The molecule has 0 fully saturated rings. The van der Waals surface area contributed by atoms with Crippen LogP contribution in [-0.2, 0) is 0 Å². The molecule has 0 heteroatoms. The van der Waals surface area contributed by atoms with Gasteiger partial charge in [-0.15, -0.1) is 0 Å². The van der Waals surface area contributed by atoms with Crippen LogP contribution in [0, 0.1) is 0 Å². The van der Waals surface area contributed by atoms with Crippen LogP contribution in [0.2, 0.25) is 0 Å². The van der Waals surface area contributed by atoms with Gasteiger partial charge in [-0.1, -0.05) is 57.4 Å². The minimum absolute atomic E-state index is 1.03. The first-order valence-corrected chi connectivity index (χ1v) is 6.67. The van der Waals surface area contributed by atoms with Gasteiger partial charge in [0.2, 0.25) is 0 Å². The van der Waals surface area contributed by atoms with Crippen molar-refractivity contribution in [1.29, 1.82) is 0 Å². The van der Waals surface area contributed by atoms with E-state index in [0.29, 0.717) is 0 Å². The van der Waals surface area contributed by atoms with Gasteiger partial charge in [0, 0.05) is 0 Å². The normalized spacial score (nSPS) is 15.1. The largest absolute Gasteiger partial charge is 0.0840 e. The summed E-state index contributed by atoms with van der Waals surface area (Å²) >= 11 is 0. The van der Waals surface area contributed by atoms with Crippen LogP contribution in [-0.4, -0.2) is 0 Å². The van der Waals surface area contributed by atoms with E-state index in [2.05, 4.69) is 35.8 Å². The lowest BCUT2D eigenvalue weighted by molar-refractivity contribution is 0.995. The Morgan fingerprint density at radius 2 is 1.76 bits per heavy atom. The Morgan fingerprint density at radius 3 is 2.29 bits per heavy atom. The summed E-state index contributed by atoms with van der Waals surface area (Å²) in [5.74, 6) is 0. The van der Waals surface area contributed by atoms with Crippen LogP contribution in [0.5, 0.6) is 0 Å². The quantitative estimate of drug-likeness (QED) is 0.546. The topological polar surface area (TPSA) is 0 Å². The molecule has 2 aliphatic carbocycles. The summed E-state index contributed by atoms with van der Waals surface area (Å²) in [5, 5.41) is 0. The summed E-state index contributed by atoms with van der Waals surface area (Å²) in [6, 6.07) is 0. The van der Waals surface area contributed by atoms with E-state index in [1.54, 1.807) is 0 Å². The van der Waals surface area contributed by atoms with Crippen LogP contribution in [0.25, 0.3) is 0 Å². The summed E-state index contributed by atoms with van der Waals surface area (Å²) in [7, 11) is 0. The molecule has 0 aromatic carbocycles. The summed E-state index contributed by atoms with van der Waals surface area (Å²) < 4.78 is 0. The Morgan fingerprint density at radius 1 is 1.00 bits per heavy atom. The maximum atomic E-state index is 2.97. The van der Waals surface area contributed by atoms with E-state index < -0.39 is 0 Å². The highest BCUT2D eigenvalue weighted by atomic mass is 14.0. The molecule has 92 valence electrons. The van der Waals surface area contributed by atoms with Crippen LogP contribution >= 0.6 is 0 Å². The summed E-state index contributed by atoms with van der Waals surface area (Å²) in [5.41, 5.74) is 8.62. The predicted octanol–water partition coefficient (Wildman–Crippen LogP) is 5.51. The van der Waals surface area contributed by atoms with E-state index in [9.17, 15) is 0 Å². The van der Waals surface area contributed by atoms with Crippen molar-refractivity contribution in [3.05, 3.63) is 59.1 Å². The van der Waals surface area contributed by atoms with Gasteiger partial charge in [0.15, 0.2) is 0 Å². The zero-order valence-corrected chi connectivity index (χ0v) is 11.6. The van der Waals surface area contributed by atoms with E-state index >= 15 is 0 Å². The van der Waals surface area contributed by atoms with Crippen molar-refractivity contribution in [2.75, 3.05) is 0 Å². The van der Waals surface area contributed by atoms with Gasteiger partial charge in [-0.25, -0.2) is 0 Å². The molecule has 0 amide bonds. The Hall–Kier alpha value is -1.48. The van der Waals surface area contributed by atoms with Gasteiger partial charge in [0.05, 0.1) is 0 Å². The molecule has 0 nitrogen and oxygen atoms in total. The zero-order chi connectivity index (χ0) is 12.9. The minimum atomic E-state index is 1.03. The lowest BCUT2D eigenvalue weighted by Crippen LogP contribution is -1.87. The molecule has 0 aromatic heterocycles. The molecular weight excluding hydrogens is 204 g/mol. The average molecular weight is 228 g/mol. The molecular formula is C17H24. The predicted molar refractivity (Wildman–Crippen MR) is 78.0 cm³/mol. The van der Waals surface area contributed by atoms with Crippen molar-refractivity contribution in [2.45, 2.75) is 47.0 Å². The Labute approximate surface area is 106 Å². The van der Waals surface area contributed by atoms with E-state index in [-0.39, 0.29) is 0 Å². The SMILES string of the molecule is C1=C=CC(CC2=CCCC=C2)=CC=1.CC.CC. The number of hydrogen-bond acceptors (Lipinski definition) is 0. The van der Waals surface area contributed by atoms with E-state index in [1.165, 1.54) is 24.0 Å². The smallest absolute Gasteiger partial charge is 0.00225 e. The van der Waals surface area contributed by atoms with Crippen molar-refractivity contribution in [2.24, 2.45) is 0 Å². The van der Waals surface area contributed by atoms with E-state index in [1.807, 2.05) is 39.8 Å². The molecule has 2 aliphatic rings. The maximum Gasteiger partial charge on any atom is -0.00225 e. The highest BCUT2D eigenvalue weighted by Gasteiger charge is 1.99. The molecule has 0 bridgehead atoms. The molecule has 0 N–H and O–H groups in total. The first-order valence-electron chi connectivity index (χ1n) is 6.67. The first-order chi connectivity index (χ1) is 8.45. The van der Waals surface area contributed by atoms with Crippen LogP contribution in [0.4, 0.5) is 0 Å². The lowest BCUT2D eigenvalue weighted by atomic mass is 9.99. The van der Waals surface area contributed by atoms with Crippen molar-refractivity contribution >= 4 is 0 Å². The fourth-order valence-corrected chi connectivity index (χ4v) is 1.52. The van der Waals surface area contributed by atoms with E-state index in [0.717, 1.165) is 6.42 Å². The third-order valence-corrected chi connectivity index (χ3v) is 2.20. The Balaban J connectivity index is 0.000000581. The molecule has 0 spiro atoms. The van der Waals surface area contributed by atoms with Crippen molar-refractivity contribution < 1.29 is 0 Å². The fourth-order valence-electron chi connectivity index (χ4n) is 1.52. The zero-order valence-electron chi connectivity index (χ0n) is 11.6. The van der Waals surface area contributed by atoms with Gasteiger partial charge < -0.3 is 0 Å². The highest BCUT2D eigenvalue weighted by Crippen LogP contribution is 2.19. The molecule has 0 saturated carbocycles. The summed E-state index contributed by atoms with van der Waals surface area (Å²) in [4.78, 5) is 0. The molecule has 17 heavy (non-hydrogen) atoms. The number of allylic oxidation sites excluding steroid dienone is 8. The lowest BCUT2D eigenvalue weighted by Gasteiger charge is -2.06. The van der Waals surface area contributed by atoms with Gasteiger partial charge in [-0.05, 0) is 48.6 Å². The van der Waals surface area contributed by atoms with Gasteiger partial charge >= 0.3 is 0 Å². The Kier molecular flexibility index (Phi) is 10.1. The number of hydrogen-bond donors (Lipinski definition) is 0. The van der Waals surface area contributed by atoms with E-state index in [4.69, 9.17) is 0 Å². The Bertz CT molecular complexity index is 376. The highest BCUT2D eigenvalue weighted by molar-refractivity contribution is 5.35. The van der Waals surface area contributed by atoms with Crippen molar-refractivity contribution in [3.8, 4) is 0 Å². The minimum Gasteiger partial charge on any atom is -0.0840 e. The molecule has 0 unspecified atom stereocenters. The van der Waals surface area contributed by atoms with Crippen LogP contribution in [0.3, 0.4) is 0 Å². The monoisotopic (exact) mass is 228 g/mol. The molecule has 0 aromatic rings. The second kappa shape index (κ2) is 11.0. The molecule has 2 rings (SSSR count). The summed E-state index contributed by atoms with van der Waals surface area (Å²) in [6.45, 7) is 8.00. The maximum absolute atomic E-state index is 2.97. The summed E-state index contributed by atoms with van der Waals surface area (Å²) in [6.07, 6.45) is 16.2. The third kappa shape index (κ3) is 6.64. The fraction of sp³-hybridized carbons (Fsp3) is 0.412. The molecule has 0 radical (unpaired) electrons. The molecule has 0 aliphatic heterocycles. The molecule has 0 heterocycles. The van der Waals surface area contributed by atoms with Crippen molar-refractivity contribution in [1.82, 2.24) is 0 Å².